The molecule has 0 aliphatic heterocycles. The van der Waals surface area contributed by atoms with E-state index in [1.165, 1.54) is 0 Å². The maximum Gasteiger partial charge on any atom is 0.334 e. The Labute approximate surface area is 210 Å². The average molecular weight is 530 g/mol. The monoisotopic (exact) mass is 529 g/mol. The zero-order valence-electron chi connectivity index (χ0n) is 19.6. The first-order chi connectivity index (χ1) is 16.1. The Morgan fingerprint density at radius 1 is 1.15 bits per heavy atom. The van der Waals surface area contributed by atoms with Gasteiger partial charge < -0.3 is 24.9 Å². The van der Waals surface area contributed by atoms with Gasteiger partial charge >= 0.3 is 7.60 Å². The van der Waals surface area contributed by atoms with Crippen LogP contribution in [-0.2, 0) is 23.2 Å². The Morgan fingerprint density at radius 2 is 1.76 bits per heavy atom. The Bertz CT molecular complexity index is 1050. The highest BCUT2D eigenvalue weighted by Crippen LogP contribution is 2.47. The van der Waals surface area contributed by atoms with Gasteiger partial charge in [-0.05, 0) is 51.5 Å². The van der Waals surface area contributed by atoms with Gasteiger partial charge in [0.05, 0.1) is 25.1 Å². The summed E-state index contributed by atoms with van der Waals surface area (Å²) in [7, 11) is -3.22. The fraction of sp³-hybridized carbons (Fsp3) is 0.391. The number of carbonyl (C=O) groups excluding carboxylic acids is 1. The summed E-state index contributed by atoms with van der Waals surface area (Å²) < 4.78 is 23.0. The molecule has 0 heterocycles. The summed E-state index contributed by atoms with van der Waals surface area (Å²) >= 11 is 12.6. The minimum Gasteiger partial charge on any atom is -0.395 e. The molecule has 34 heavy (non-hydrogen) atoms. The molecule has 0 aliphatic carbocycles. The summed E-state index contributed by atoms with van der Waals surface area (Å²) in [5.41, 5.74) is 8.82. The number of hydrogen-bond acceptors (Lipinski definition) is 7. The van der Waals surface area contributed by atoms with Gasteiger partial charge in [-0.3, -0.25) is 9.36 Å². The normalized spacial score (nSPS) is 12.9. The number of carbonyl (C=O) groups is 1. The van der Waals surface area contributed by atoms with E-state index in [0.717, 1.165) is 5.56 Å². The Hall–Kier alpha value is -2.09. The molecule has 0 saturated heterocycles. The standard InChI is InChI=1S/C23H30Cl2N3O5P/c1-5-32-34(30,33-6-2)13-12-31-28-16(4)17-11-10-15(3)14-20(17)27-22(23(26)29)21-18(24)8-7-9-19(21)25/h7-11,14,22,27H,5-6,12-13H2,1-4H3,(H2,26,29)/b28-16-. The lowest BCUT2D eigenvalue weighted by molar-refractivity contribution is -0.118. The molecule has 0 aliphatic rings. The minimum absolute atomic E-state index is 0.0440. The average Bonchev–Trinajstić information content (AvgIpc) is 2.76. The minimum atomic E-state index is -3.22. The van der Waals surface area contributed by atoms with E-state index in [9.17, 15) is 9.36 Å². The Kier molecular flexibility index (Phi) is 10.9. The van der Waals surface area contributed by atoms with Crippen LogP contribution in [0.3, 0.4) is 0 Å². The van der Waals surface area contributed by atoms with Crippen LogP contribution in [0.5, 0.6) is 0 Å². The van der Waals surface area contributed by atoms with Gasteiger partial charge in [0, 0.05) is 26.9 Å². The number of nitrogens with one attached hydrogen (secondary N) is 1. The van der Waals surface area contributed by atoms with E-state index < -0.39 is 19.5 Å². The topological polar surface area (TPSA) is 112 Å². The number of amides is 1. The number of nitrogens with zero attached hydrogens (tertiary/aromatic N) is 1. The first-order valence-corrected chi connectivity index (χ1v) is 13.3. The van der Waals surface area contributed by atoms with Crippen molar-refractivity contribution >= 4 is 48.1 Å². The van der Waals surface area contributed by atoms with Crippen LogP contribution in [0.25, 0.3) is 0 Å². The predicted octanol–water partition coefficient (Wildman–Crippen LogP) is 5.95. The number of nitrogens with two attached hydrogens (primary N) is 1. The quantitative estimate of drug-likeness (QED) is 0.143. The highest BCUT2D eigenvalue weighted by Gasteiger charge is 2.25. The van der Waals surface area contributed by atoms with Gasteiger partial charge in [0.15, 0.2) is 0 Å². The molecule has 0 fully saturated rings. The summed E-state index contributed by atoms with van der Waals surface area (Å²) in [6, 6.07) is 9.60. The Morgan fingerprint density at radius 3 is 2.32 bits per heavy atom. The van der Waals surface area contributed by atoms with Crippen molar-refractivity contribution in [3.8, 4) is 0 Å². The maximum atomic E-state index is 12.5. The zero-order valence-corrected chi connectivity index (χ0v) is 22.0. The number of anilines is 1. The molecule has 8 nitrogen and oxygen atoms in total. The zero-order chi connectivity index (χ0) is 25.3. The summed E-state index contributed by atoms with van der Waals surface area (Å²) in [4.78, 5) is 17.7. The van der Waals surface area contributed by atoms with E-state index in [0.29, 0.717) is 32.6 Å². The van der Waals surface area contributed by atoms with Gasteiger partial charge in [0.2, 0.25) is 5.91 Å². The molecule has 186 valence electrons. The first kappa shape index (κ1) is 28.1. The van der Waals surface area contributed by atoms with E-state index >= 15 is 0 Å². The van der Waals surface area contributed by atoms with Crippen molar-refractivity contribution in [2.45, 2.75) is 33.7 Å². The summed E-state index contributed by atoms with van der Waals surface area (Å²) in [5, 5.41) is 7.93. The van der Waals surface area contributed by atoms with Crippen molar-refractivity contribution in [1.29, 1.82) is 0 Å². The number of halogens is 2. The van der Waals surface area contributed by atoms with Gasteiger partial charge in [-0.1, -0.05) is 46.6 Å². The largest absolute Gasteiger partial charge is 0.395 e. The van der Waals surface area contributed by atoms with Crippen LogP contribution < -0.4 is 11.1 Å². The molecule has 1 unspecified atom stereocenters. The number of primary amides is 1. The van der Waals surface area contributed by atoms with E-state index in [4.69, 9.17) is 42.8 Å². The SMILES string of the molecule is CCOP(=O)(CCO/N=C(/C)c1ccc(C)cc1NC(C(N)=O)c1c(Cl)cccc1Cl)OCC. The molecule has 2 aromatic carbocycles. The molecule has 1 amide bonds. The molecular weight excluding hydrogens is 500 g/mol. The molecule has 11 heteroatoms. The van der Waals surface area contributed by atoms with E-state index in [2.05, 4.69) is 10.5 Å². The molecule has 2 aromatic rings. The molecule has 2 rings (SSSR count). The number of hydrogen-bond donors (Lipinski definition) is 2. The summed E-state index contributed by atoms with van der Waals surface area (Å²) in [6.45, 7) is 7.75. The molecule has 0 radical (unpaired) electrons. The van der Waals surface area contributed by atoms with Crippen LogP contribution in [0, 0.1) is 6.92 Å². The third-order valence-corrected chi connectivity index (χ3v) is 7.44. The van der Waals surface area contributed by atoms with Gasteiger partial charge in [-0.15, -0.1) is 0 Å². The maximum absolute atomic E-state index is 12.5. The second kappa shape index (κ2) is 13.1. The molecule has 3 N–H and O–H groups in total. The van der Waals surface area contributed by atoms with Crippen molar-refractivity contribution in [1.82, 2.24) is 0 Å². The van der Waals surface area contributed by atoms with E-state index in [1.807, 2.05) is 25.1 Å². The van der Waals surface area contributed by atoms with Crippen LogP contribution >= 0.6 is 30.8 Å². The van der Waals surface area contributed by atoms with E-state index in [-0.39, 0.29) is 26.0 Å². The number of oxime groups is 1. The van der Waals surface area contributed by atoms with Crippen LogP contribution in [0.2, 0.25) is 10.0 Å². The van der Waals surface area contributed by atoms with Gasteiger partial charge in [0.25, 0.3) is 0 Å². The Balaban J connectivity index is 2.26. The highest BCUT2D eigenvalue weighted by atomic mass is 35.5. The lowest BCUT2D eigenvalue weighted by atomic mass is 10.0. The van der Waals surface area contributed by atoms with Crippen molar-refractivity contribution in [3.05, 3.63) is 63.1 Å². The summed E-state index contributed by atoms with van der Waals surface area (Å²) in [5.74, 6) is -0.643. The van der Waals surface area contributed by atoms with E-state index in [1.54, 1.807) is 39.0 Å². The van der Waals surface area contributed by atoms with Crippen LogP contribution in [0.1, 0.15) is 43.5 Å². The van der Waals surface area contributed by atoms with Gasteiger partial charge in [-0.2, -0.15) is 0 Å². The lowest BCUT2D eigenvalue weighted by Gasteiger charge is -2.22. The highest BCUT2D eigenvalue weighted by molar-refractivity contribution is 7.53. The second-order valence-corrected chi connectivity index (χ2v) is 10.3. The fourth-order valence-corrected chi connectivity index (χ4v) is 5.27. The molecular formula is C23H30Cl2N3O5P. The van der Waals surface area contributed by atoms with Gasteiger partial charge in [0.1, 0.15) is 12.6 Å². The lowest BCUT2D eigenvalue weighted by Crippen LogP contribution is -2.29. The first-order valence-electron chi connectivity index (χ1n) is 10.8. The fourth-order valence-electron chi connectivity index (χ4n) is 3.22. The third-order valence-electron chi connectivity index (χ3n) is 4.75. The second-order valence-electron chi connectivity index (χ2n) is 7.34. The van der Waals surface area contributed by atoms with Gasteiger partial charge in [-0.25, -0.2) is 0 Å². The smallest absolute Gasteiger partial charge is 0.334 e. The summed E-state index contributed by atoms with van der Waals surface area (Å²) in [6.07, 6.45) is 0.0687. The molecule has 0 bridgehead atoms. The third kappa shape index (κ3) is 7.72. The number of benzene rings is 2. The molecule has 1 atom stereocenters. The van der Waals surface area contributed by atoms with Crippen LogP contribution in [0.15, 0.2) is 41.6 Å². The molecule has 0 spiro atoms. The molecule has 0 saturated carbocycles. The van der Waals surface area contributed by atoms with Crippen molar-refractivity contribution in [2.24, 2.45) is 10.9 Å². The van der Waals surface area contributed by atoms with Crippen LogP contribution in [0.4, 0.5) is 5.69 Å². The van der Waals surface area contributed by atoms with Crippen molar-refractivity contribution < 1.29 is 23.2 Å². The van der Waals surface area contributed by atoms with Crippen LogP contribution in [-0.4, -0.2) is 37.6 Å². The predicted molar refractivity (Wildman–Crippen MR) is 137 cm³/mol. The number of aryl methyl sites for hydroxylation is 1. The molecule has 0 aromatic heterocycles. The number of rotatable bonds is 13. The van der Waals surface area contributed by atoms with Crippen molar-refractivity contribution in [2.75, 3.05) is 31.3 Å². The van der Waals surface area contributed by atoms with Crippen molar-refractivity contribution in [3.63, 3.8) is 0 Å².